The standard InChI is InChI=1S/C25H31ClN6O3S/c1-29(2)10-11-30(3)27-16-19-4-6-20(7-5-19)17-31-12-13-32(18-25(31)33)36(34,35)24-14-21-8-9-22(26)15-23(21)28-24/h4-9,14-16,28H,10-13,17-18H2,1-3H3. The third-order valence-corrected chi connectivity index (χ3v) is 8.09. The summed E-state index contributed by atoms with van der Waals surface area (Å²) in [4.78, 5) is 19.5. The van der Waals surface area contributed by atoms with Crippen LogP contribution in [0.25, 0.3) is 10.9 Å². The molecule has 2 aromatic carbocycles. The molecule has 0 radical (unpaired) electrons. The third kappa shape index (κ3) is 6.25. The second-order valence-corrected chi connectivity index (χ2v) is 11.5. The molecule has 1 N–H and O–H groups in total. The number of hydrazone groups is 1. The first kappa shape index (κ1) is 26.2. The number of hydrogen-bond acceptors (Lipinski definition) is 6. The highest BCUT2D eigenvalue weighted by Crippen LogP contribution is 2.25. The van der Waals surface area contributed by atoms with Crippen LogP contribution in [-0.4, -0.2) is 98.5 Å². The Labute approximate surface area is 217 Å². The molecule has 36 heavy (non-hydrogen) atoms. The smallest absolute Gasteiger partial charge is 0.259 e. The highest BCUT2D eigenvalue weighted by atomic mass is 35.5. The first-order valence-electron chi connectivity index (χ1n) is 11.7. The zero-order chi connectivity index (χ0) is 25.9. The molecule has 3 aromatic rings. The van der Waals surface area contributed by atoms with Gasteiger partial charge in [-0.25, -0.2) is 8.42 Å². The molecule has 0 bridgehead atoms. The Morgan fingerprint density at radius 2 is 1.81 bits per heavy atom. The lowest BCUT2D eigenvalue weighted by molar-refractivity contribution is -0.134. The van der Waals surface area contributed by atoms with Crippen molar-refractivity contribution in [2.24, 2.45) is 5.10 Å². The maximum absolute atomic E-state index is 13.1. The molecule has 1 fully saturated rings. The van der Waals surface area contributed by atoms with E-state index in [-0.39, 0.29) is 24.0 Å². The highest BCUT2D eigenvalue weighted by molar-refractivity contribution is 7.89. The van der Waals surface area contributed by atoms with Gasteiger partial charge < -0.3 is 14.8 Å². The second kappa shape index (κ2) is 11.0. The summed E-state index contributed by atoms with van der Waals surface area (Å²) in [6.45, 7) is 2.55. The molecule has 9 nitrogen and oxygen atoms in total. The van der Waals surface area contributed by atoms with Crippen molar-refractivity contribution in [3.63, 3.8) is 0 Å². The highest BCUT2D eigenvalue weighted by Gasteiger charge is 2.33. The van der Waals surface area contributed by atoms with Gasteiger partial charge in [0.05, 0.1) is 12.8 Å². The fourth-order valence-electron chi connectivity index (χ4n) is 3.91. The van der Waals surface area contributed by atoms with Gasteiger partial charge in [0.15, 0.2) is 0 Å². The Balaban J connectivity index is 1.35. The number of halogens is 1. The van der Waals surface area contributed by atoms with Crippen molar-refractivity contribution in [3.8, 4) is 0 Å². The molecule has 0 unspecified atom stereocenters. The molecule has 0 spiro atoms. The Hall–Kier alpha value is -2.92. The van der Waals surface area contributed by atoms with Crippen LogP contribution < -0.4 is 0 Å². The van der Waals surface area contributed by atoms with Gasteiger partial charge >= 0.3 is 0 Å². The van der Waals surface area contributed by atoms with Crippen LogP contribution in [0.2, 0.25) is 5.02 Å². The number of sulfonamides is 1. The minimum absolute atomic E-state index is 0.0608. The van der Waals surface area contributed by atoms with Crippen molar-refractivity contribution in [1.29, 1.82) is 0 Å². The first-order valence-corrected chi connectivity index (χ1v) is 13.5. The maximum Gasteiger partial charge on any atom is 0.259 e. The molecule has 1 aliphatic heterocycles. The molecular weight excluding hydrogens is 500 g/mol. The van der Waals surface area contributed by atoms with E-state index in [2.05, 4.69) is 15.0 Å². The van der Waals surface area contributed by atoms with Crippen LogP contribution in [0.3, 0.4) is 0 Å². The minimum atomic E-state index is -3.83. The number of nitrogens with zero attached hydrogens (tertiary/aromatic N) is 5. The quantitative estimate of drug-likeness (QED) is 0.339. The molecule has 0 aliphatic carbocycles. The number of nitrogens with one attached hydrogen (secondary N) is 1. The number of hydrogen-bond donors (Lipinski definition) is 1. The number of fused-ring (bicyclic) bond motifs is 1. The first-order chi connectivity index (χ1) is 17.1. The van der Waals surface area contributed by atoms with Gasteiger partial charge in [-0.15, -0.1) is 0 Å². The molecule has 2 heterocycles. The zero-order valence-electron chi connectivity index (χ0n) is 20.7. The minimum Gasteiger partial charge on any atom is -0.344 e. The van der Waals surface area contributed by atoms with E-state index < -0.39 is 10.0 Å². The van der Waals surface area contributed by atoms with Gasteiger partial charge in [0.25, 0.3) is 10.0 Å². The van der Waals surface area contributed by atoms with E-state index in [1.807, 2.05) is 56.6 Å². The van der Waals surface area contributed by atoms with Crippen molar-refractivity contribution in [3.05, 3.63) is 64.7 Å². The van der Waals surface area contributed by atoms with Gasteiger partial charge in [-0.1, -0.05) is 41.9 Å². The Bertz CT molecular complexity index is 1350. The van der Waals surface area contributed by atoms with Gasteiger partial charge in [-0.2, -0.15) is 9.41 Å². The van der Waals surface area contributed by atoms with E-state index >= 15 is 0 Å². The summed E-state index contributed by atoms with van der Waals surface area (Å²) >= 11 is 6.01. The molecular formula is C25H31ClN6O3S. The molecule has 4 rings (SSSR count). The summed E-state index contributed by atoms with van der Waals surface area (Å²) in [5.74, 6) is -0.225. The van der Waals surface area contributed by atoms with Gasteiger partial charge in [0, 0.05) is 55.7 Å². The number of likely N-dealkylation sites (N-methyl/N-ethyl adjacent to an activating group) is 2. The molecule has 192 valence electrons. The number of rotatable bonds is 9. The normalized spacial score (nSPS) is 15.5. The van der Waals surface area contributed by atoms with Crippen LogP contribution >= 0.6 is 11.6 Å². The van der Waals surface area contributed by atoms with Crippen LogP contribution in [0.5, 0.6) is 0 Å². The van der Waals surface area contributed by atoms with E-state index in [9.17, 15) is 13.2 Å². The number of aromatic nitrogens is 1. The third-order valence-electron chi connectivity index (χ3n) is 6.09. The van der Waals surface area contributed by atoms with E-state index in [1.165, 1.54) is 4.31 Å². The topological polar surface area (TPSA) is 92.3 Å². The summed E-state index contributed by atoms with van der Waals surface area (Å²) in [6.07, 6.45) is 1.81. The number of carbonyl (C=O) groups excluding carboxylic acids is 1. The van der Waals surface area contributed by atoms with Crippen LogP contribution in [0.4, 0.5) is 0 Å². The van der Waals surface area contributed by atoms with E-state index in [0.717, 1.165) is 29.6 Å². The summed E-state index contributed by atoms with van der Waals surface area (Å²) in [7, 11) is 2.17. The number of H-pyrrole nitrogens is 1. The van der Waals surface area contributed by atoms with Gasteiger partial charge in [0.1, 0.15) is 5.03 Å². The van der Waals surface area contributed by atoms with E-state index in [4.69, 9.17) is 11.6 Å². The van der Waals surface area contributed by atoms with Crippen molar-refractivity contribution in [2.75, 3.05) is 53.9 Å². The van der Waals surface area contributed by atoms with Crippen molar-refractivity contribution in [2.45, 2.75) is 11.6 Å². The molecule has 1 saturated heterocycles. The maximum atomic E-state index is 13.1. The molecule has 1 amide bonds. The molecule has 11 heteroatoms. The van der Waals surface area contributed by atoms with Crippen molar-refractivity contribution in [1.82, 2.24) is 24.1 Å². The number of piperazine rings is 1. The second-order valence-electron chi connectivity index (χ2n) is 9.19. The molecule has 0 saturated carbocycles. The average molecular weight is 531 g/mol. The lowest BCUT2D eigenvalue weighted by atomic mass is 10.1. The zero-order valence-corrected chi connectivity index (χ0v) is 22.3. The Morgan fingerprint density at radius 1 is 1.06 bits per heavy atom. The summed E-state index contributed by atoms with van der Waals surface area (Å²) in [5.41, 5.74) is 2.59. The number of carbonyl (C=O) groups is 1. The van der Waals surface area contributed by atoms with E-state index in [0.29, 0.717) is 23.6 Å². The lowest BCUT2D eigenvalue weighted by Gasteiger charge is -2.33. The van der Waals surface area contributed by atoms with Gasteiger partial charge in [0.2, 0.25) is 5.91 Å². The van der Waals surface area contributed by atoms with Crippen LogP contribution in [0.1, 0.15) is 11.1 Å². The van der Waals surface area contributed by atoms with E-state index in [1.54, 1.807) is 29.2 Å². The van der Waals surface area contributed by atoms with Crippen molar-refractivity contribution >= 4 is 44.6 Å². The fourth-order valence-corrected chi connectivity index (χ4v) is 5.47. The predicted octanol–water partition coefficient (Wildman–Crippen LogP) is 2.68. The predicted molar refractivity (Wildman–Crippen MR) is 143 cm³/mol. The summed E-state index contributed by atoms with van der Waals surface area (Å²) < 4.78 is 27.5. The van der Waals surface area contributed by atoms with Crippen LogP contribution in [-0.2, 0) is 21.4 Å². The number of aromatic amines is 1. The monoisotopic (exact) mass is 530 g/mol. The fraction of sp³-hybridized carbons (Fsp3) is 0.360. The Morgan fingerprint density at radius 3 is 2.50 bits per heavy atom. The summed E-state index contributed by atoms with van der Waals surface area (Å²) in [5, 5.41) is 7.66. The van der Waals surface area contributed by atoms with Gasteiger partial charge in [-0.3, -0.25) is 9.80 Å². The largest absolute Gasteiger partial charge is 0.344 e. The molecule has 0 atom stereocenters. The number of benzene rings is 2. The average Bonchev–Trinajstić information content (AvgIpc) is 3.27. The van der Waals surface area contributed by atoms with Crippen molar-refractivity contribution < 1.29 is 13.2 Å². The SMILES string of the molecule is CN(C)CCN(C)N=Cc1ccc(CN2CCN(S(=O)(=O)c3cc4ccc(Cl)cc4[nH]3)CC2=O)cc1. The lowest BCUT2D eigenvalue weighted by Crippen LogP contribution is -2.51. The number of amides is 1. The molecule has 1 aliphatic rings. The van der Waals surface area contributed by atoms with Crippen LogP contribution in [0, 0.1) is 0 Å². The molecule has 1 aromatic heterocycles. The summed E-state index contributed by atoms with van der Waals surface area (Å²) in [6, 6.07) is 14.6. The Kier molecular flexibility index (Phi) is 7.99. The van der Waals surface area contributed by atoms with Crippen LogP contribution in [0.15, 0.2) is 58.7 Å². The van der Waals surface area contributed by atoms with Gasteiger partial charge in [-0.05, 0) is 43.4 Å².